The zero-order valence-corrected chi connectivity index (χ0v) is 18.5. The highest BCUT2D eigenvalue weighted by Crippen LogP contribution is 2.32. The van der Waals surface area contributed by atoms with E-state index < -0.39 is 23.1 Å². The van der Waals surface area contributed by atoms with Gasteiger partial charge in [-0.2, -0.15) is 0 Å². The van der Waals surface area contributed by atoms with E-state index in [1.165, 1.54) is 12.1 Å². The van der Waals surface area contributed by atoms with Crippen LogP contribution >= 0.6 is 23.2 Å². The number of anilines is 3. The van der Waals surface area contributed by atoms with Crippen LogP contribution in [0, 0.1) is 24.0 Å². The summed E-state index contributed by atoms with van der Waals surface area (Å²) in [5, 5.41) is 15.3. The lowest BCUT2D eigenvalue weighted by Gasteiger charge is -2.13. The molecule has 1 amide bonds. The minimum absolute atomic E-state index is 0.0281. The van der Waals surface area contributed by atoms with Crippen molar-refractivity contribution in [3.63, 3.8) is 0 Å². The molecule has 0 radical (unpaired) electrons. The SMILES string of the molecule is Cc1cccc(Nc2ncnc(NNC(=O)COc3ccc(Cl)cc3Cl)c2[N+](=O)[O-])c1C. The van der Waals surface area contributed by atoms with Gasteiger partial charge in [0.25, 0.3) is 5.91 Å². The molecular weight excluding hydrogens is 459 g/mol. The van der Waals surface area contributed by atoms with Crippen LogP contribution in [0.2, 0.25) is 10.0 Å². The fourth-order valence-electron chi connectivity index (χ4n) is 2.65. The van der Waals surface area contributed by atoms with Gasteiger partial charge in [-0.25, -0.2) is 9.97 Å². The van der Waals surface area contributed by atoms with E-state index in [0.717, 1.165) is 17.5 Å². The lowest BCUT2D eigenvalue weighted by Crippen LogP contribution is -2.34. The molecule has 3 N–H and O–H groups in total. The number of nitro groups is 1. The van der Waals surface area contributed by atoms with Crippen molar-refractivity contribution in [2.24, 2.45) is 0 Å². The van der Waals surface area contributed by atoms with Crippen LogP contribution in [0.4, 0.5) is 23.0 Å². The first-order chi connectivity index (χ1) is 15.3. The molecule has 0 aliphatic heterocycles. The molecule has 0 saturated heterocycles. The Morgan fingerprint density at radius 3 is 2.62 bits per heavy atom. The molecule has 0 aliphatic carbocycles. The van der Waals surface area contributed by atoms with Crippen molar-refractivity contribution in [1.29, 1.82) is 0 Å². The van der Waals surface area contributed by atoms with Crippen LogP contribution in [0.5, 0.6) is 5.75 Å². The first kappa shape index (κ1) is 23.0. The summed E-state index contributed by atoms with van der Waals surface area (Å²) < 4.78 is 5.33. The van der Waals surface area contributed by atoms with Crippen molar-refractivity contribution in [3.05, 3.63) is 74.0 Å². The molecule has 0 unspecified atom stereocenters. The predicted octanol–water partition coefficient (Wildman–Crippen LogP) is 4.57. The number of halogens is 2. The molecule has 166 valence electrons. The molecule has 0 saturated carbocycles. The van der Waals surface area contributed by atoms with E-state index in [-0.39, 0.29) is 22.4 Å². The second kappa shape index (κ2) is 10.1. The number of nitrogens with one attached hydrogen (secondary N) is 3. The standard InChI is InChI=1S/C20H18Cl2N6O4/c1-11-4-3-5-15(12(11)2)25-19-18(28(30)31)20(24-10-23-19)27-26-17(29)9-32-16-7-6-13(21)8-14(16)22/h3-8,10H,9H2,1-2H3,(H,26,29)(H2,23,24,25,27). The maximum atomic E-state index is 12.1. The molecule has 10 nitrogen and oxygen atoms in total. The summed E-state index contributed by atoms with van der Waals surface area (Å²) in [5.74, 6) is -0.581. The number of carbonyl (C=O) groups is 1. The van der Waals surface area contributed by atoms with Crippen LogP contribution in [0.1, 0.15) is 11.1 Å². The number of hydrazine groups is 1. The first-order valence-electron chi connectivity index (χ1n) is 9.21. The number of carbonyl (C=O) groups excluding carboxylic acids is 1. The number of ether oxygens (including phenoxy) is 1. The van der Waals surface area contributed by atoms with Crippen LogP contribution < -0.4 is 20.9 Å². The summed E-state index contributed by atoms with van der Waals surface area (Å²) in [6.45, 7) is 3.41. The third-order valence-electron chi connectivity index (χ3n) is 4.44. The van der Waals surface area contributed by atoms with Gasteiger partial charge in [0.2, 0.25) is 11.6 Å². The number of nitrogens with zero attached hydrogens (tertiary/aromatic N) is 3. The number of hydrogen-bond acceptors (Lipinski definition) is 8. The molecule has 2 aromatic carbocycles. The molecule has 12 heteroatoms. The van der Waals surface area contributed by atoms with Crippen molar-refractivity contribution < 1.29 is 14.5 Å². The lowest BCUT2D eigenvalue weighted by molar-refractivity contribution is -0.383. The van der Waals surface area contributed by atoms with Crippen LogP contribution in [0.25, 0.3) is 0 Å². The highest BCUT2D eigenvalue weighted by atomic mass is 35.5. The van der Waals surface area contributed by atoms with Gasteiger partial charge in [0.05, 0.1) is 9.95 Å². The maximum Gasteiger partial charge on any atom is 0.355 e. The van der Waals surface area contributed by atoms with E-state index in [2.05, 4.69) is 26.1 Å². The summed E-state index contributed by atoms with van der Waals surface area (Å²) in [6.07, 6.45) is 1.14. The van der Waals surface area contributed by atoms with Crippen LogP contribution in [-0.2, 0) is 4.79 Å². The van der Waals surface area contributed by atoms with Gasteiger partial charge in [-0.3, -0.25) is 25.8 Å². The Morgan fingerprint density at radius 1 is 1.16 bits per heavy atom. The topological polar surface area (TPSA) is 131 Å². The van der Waals surface area contributed by atoms with Gasteiger partial charge >= 0.3 is 5.69 Å². The third-order valence-corrected chi connectivity index (χ3v) is 4.97. The molecule has 0 bridgehead atoms. The van der Waals surface area contributed by atoms with Gasteiger partial charge in [0.1, 0.15) is 12.1 Å². The lowest BCUT2D eigenvalue weighted by atomic mass is 10.1. The highest BCUT2D eigenvalue weighted by molar-refractivity contribution is 6.35. The van der Waals surface area contributed by atoms with E-state index >= 15 is 0 Å². The summed E-state index contributed by atoms with van der Waals surface area (Å²) >= 11 is 11.8. The number of rotatable bonds is 8. The predicted molar refractivity (Wildman–Crippen MR) is 122 cm³/mol. The monoisotopic (exact) mass is 476 g/mol. The molecule has 3 rings (SSSR count). The number of amides is 1. The van der Waals surface area contributed by atoms with E-state index in [1.54, 1.807) is 12.1 Å². The number of aryl methyl sites for hydroxylation is 1. The molecule has 0 spiro atoms. The Balaban J connectivity index is 1.71. The molecule has 0 aliphatic rings. The highest BCUT2D eigenvalue weighted by Gasteiger charge is 2.24. The molecule has 3 aromatic rings. The van der Waals surface area contributed by atoms with Gasteiger partial charge in [-0.15, -0.1) is 0 Å². The Labute approximate surface area is 193 Å². The minimum atomic E-state index is -0.647. The maximum absolute atomic E-state index is 12.1. The Hall–Kier alpha value is -3.63. The van der Waals surface area contributed by atoms with Gasteiger partial charge in [-0.05, 0) is 49.2 Å². The normalized spacial score (nSPS) is 10.4. The van der Waals surface area contributed by atoms with Gasteiger partial charge in [0, 0.05) is 10.7 Å². The third kappa shape index (κ3) is 5.54. The van der Waals surface area contributed by atoms with Crippen LogP contribution in [-0.4, -0.2) is 27.4 Å². The molecule has 1 heterocycles. The Morgan fingerprint density at radius 2 is 1.91 bits per heavy atom. The molecule has 0 atom stereocenters. The van der Waals surface area contributed by atoms with Gasteiger partial charge < -0.3 is 10.1 Å². The van der Waals surface area contributed by atoms with E-state index in [4.69, 9.17) is 27.9 Å². The fourth-order valence-corrected chi connectivity index (χ4v) is 3.11. The minimum Gasteiger partial charge on any atom is -0.482 e. The second-order valence-corrected chi connectivity index (χ2v) is 7.43. The van der Waals surface area contributed by atoms with Crippen LogP contribution in [0.15, 0.2) is 42.7 Å². The van der Waals surface area contributed by atoms with Crippen molar-refractivity contribution in [2.45, 2.75) is 13.8 Å². The second-order valence-electron chi connectivity index (χ2n) is 6.59. The quantitative estimate of drug-likeness (QED) is 0.318. The largest absolute Gasteiger partial charge is 0.482 e. The van der Waals surface area contributed by atoms with E-state index in [1.807, 2.05) is 26.0 Å². The van der Waals surface area contributed by atoms with Gasteiger partial charge in [0.15, 0.2) is 6.61 Å². The van der Waals surface area contributed by atoms with Crippen molar-refractivity contribution in [2.75, 3.05) is 17.3 Å². The van der Waals surface area contributed by atoms with Crippen molar-refractivity contribution >= 4 is 52.1 Å². The number of hydrogen-bond donors (Lipinski definition) is 3. The zero-order chi connectivity index (χ0) is 23.3. The van der Waals surface area contributed by atoms with E-state index in [9.17, 15) is 14.9 Å². The number of benzene rings is 2. The molecular formula is C20H18Cl2N6O4. The summed E-state index contributed by atoms with van der Waals surface area (Å²) in [5.41, 5.74) is 6.90. The fraction of sp³-hybridized carbons (Fsp3) is 0.150. The average molecular weight is 477 g/mol. The first-order valence-corrected chi connectivity index (χ1v) is 9.97. The van der Waals surface area contributed by atoms with Crippen molar-refractivity contribution in [1.82, 2.24) is 15.4 Å². The van der Waals surface area contributed by atoms with Crippen LogP contribution in [0.3, 0.4) is 0 Å². The molecule has 0 fully saturated rings. The Kier molecular flexibility index (Phi) is 7.29. The summed E-state index contributed by atoms with van der Waals surface area (Å²) in [4.78, 5) is 31.0. The van der Waals surface area contributed by atoms with E-state index in [0.29, 0.717) is 10.7 Å². The molecule has 1 aromatic heterocycles. The Bertz CT molecular complexity index is 1170. The van der Waals surface area contributed by atoms with Crippen molar-refractivity contribution in [3.8, 4) is 5.75 Å². The van der Waals surface area contributed by atoms with Gasteiger partial charge in [-0.1, -0.05) is 35.3 Å². The average Bonchev–Trinajstić information content (AvgIpc) is 2.74. The number of aromatic nitrogens is 2. The zero-order valence-electron chi connectivity index (χ0n) is 17.0. The summed E-state index contributed by atoms with van der Waals surface area (Å²) in [6, 6.07) is 10.1. The molecule has 32 heavy (non-hydrogen) atoms. The smallest absolute Gasteiger partial charge is 0.355 e. The summed E-state index contributed by atoms with van der Waals surface area (Å²) in [7, 11) is 0.